The van der Waals surface area contributed by atoms with Crippen molar-refractivity contribution < 1.29 is 14.3 Å². The normalized spacial score (nSPS) is 16.2. The Kier molecular flexibility index (Phi) is 6.04. The molecule has 132 valence electrons. The molecule has 25 heavy (non-hydrogen) atoms. The predicted molar refractivity (Wildman–Crippen MR) is 96.9 cm³/mol. The highest BCUT2D eigenvalue weighted by Crippen LogP contribution is 2.23. The average Bonchev–Trinajstić information content (AvgIpc) is 2.70. The Hall–Kier alpha value is -2.37. The first-order chi connectivity index (χ1) is 12.3. The van der Waals surface area contributed by atoms with Gasteiger partial charge in [0.05, 0.1) is 26.4 Å². The molecule has 1 unspecified atom stereocenters. The molecule has 3 rings (SSSR count). The number of carbonyl (C=O) groups excluding carboxylic acids is 1. The Bertz CT molecular complexity index is 667. The fourth-order valence-corrected chi connectivity index (χ4v) is 3.05. The van der Waals surface area contributed by atoms with Crippen molar-refractivity contribution in [2.75, 3.05) is 40.0 Å². The average molecular weight is 340 g/mol. The highest BCUT2D eigenvalue weighted by molar-refractivity contribution is 5.94. The van der Waals surface area contributed by atoms with Gasteiger partial charge in [-0.2, -0.15) is 0 Å². The molecule has 0 bridgehead atoms. The summed E-state index contributed by atoms with van der Waals surface area (Å²) in [6, 6.07) is 17.5. The minimum atomic E-state index is -0.0487. The van der Waals surface area contributed by atoms with Gasteiger partial charge in [0.2, 0.25) is 0 Å². The van der Waals surface area contributed by atoms with E-state index < -0.39 is 0 Å². The summed E-state index contributed by atoms with van der Waals surface area (Å²) in [4.78, 5) is 14.7. The maximum atomic E-state index is 12.4. The predicted octanol–water partition coefficient (Wildman–Crippen LogP) is 2.50. The first-order valence-electron chi connectivity index (χ1n) is 8.57. The first kappa shape index (κ1) is 17.5. The van der Waals surface area contributed by atoms with E-state index in [0.29, 0.717) is 12.1 Å². The van der Waals surface area contributed by atoms with Crippen LogP contribution in [0.4, 0.5) is 0 Å². The molecule has 0 saturated carbocycles. The number of benzene rings is 2. The van der Waals surface area contributed by atoms with Crippen molar-refractivity contribution in [3.05, 3.63) is 65.7 Å². The van der Waals surface area contributed by atoms with E-state index in [-0.39, 0.29) is 11.9 Å². The lowest BCUT2D eigenvalue weighted by molar-refractivity contribution is 0.0162. The second kappa shape index (κ2) is 8.65. The third-order valence-electron chi connectivity index (χ3n) is 4.48. The molecule has 2 aromatic carbocycles. The molecule has 2 aromatic rings. The number of rotatable bonds is 6. The Labute approximate surface area is 148 Å². The second-order valence-corrected chi connectivity index (χ2v) is 6.01. The number of amides is 1. The Morgan fingerprint density at radius 2 is 1.80 bits per heavy atom. The number of hydrogen-bond acceptors (Lipinski definition) is 4. The molecular formula is C20H24N2O3. The molecule has 1 fully saturated rings. The van der Waals surface area contributed by atoms with Gasteiger partial charge in [0.15, 0.2) is 0 Å². The lowest BCUT2D eigenvalue weighted by Gasteiger charge is -2.35. The quantitative estimate of drug-likeness (QED) is 0.878. The molecular weight excluding hydrogens is 316 g/mol. The molecule has 1 heterocycles. The number of hydrogen-bond donors (Lipinski definition) is 1. The van der Waals surface area contributed by atoms with Crippen molar-refractivity contribution in [2.45, 2.75) is 6.04 Å². The van der Waals surface area contributed by atoms with E-state index in [2.05, 4.69) is 22.3 Å². The third-order valence-corrected chi connectivity index (χ3v) is 4.48. The van der Waals surface area contributed by atoms with Crippen LogP contribution in [0.2, 0.25) is 0 Å². The zero-order valence-electron chi connectivity index (χ0n) is 14.5. The van der Waals surface area contributed by atoms with Gasteiger partial charge >= 0.3 is 0 Å². The summed E-state index contributed by atoms with van der Waals surface area (Å²) in [7, 11) is 1.66. The van der Waals surface area contributed by atoms with Gasteiger partial charge in [0, 0.05) is 25.2 Å². The summed E-state index contributed by atoms with van der Waals surface area (Å²) in [5, 5.41) is 3.07. The van der Waals surface area contributed by atoms with Gasteiger partial charge in [0.25, 0.3) is 5.91 Å². The van der Waals surface area contributed by atoms with Crippen molar-refractivity contribution in [1.29, 1.82) is 0 Å². The number of nitrogens with zero attached hydrogens (tertiary/aromatic N) is 1. The van der Waals surface area contributed by atoms with E-state index in [1.54, 1.807) is 7.11 Å². The van der Waals surface area contributed by atoms with E-state index in [1.165, 1.54) is 0 Å². The highest BCUT2D eigenvalue weighted by Gasteiger charge is 2.23. The van der Waals surface area contributed by atoms with E-state index in [4.69, 9.17) is 9.47 Å². The SMILES string of the molecule is COc1ccc(C(CNC(=O)c2ccccc2)N2CCOCC2)cc1. The van der Waals surface area contributed by atoms with E-state index in [1.807, 2.05) is 42.5 Å². The van der Waals surface area contributed by atoms with Gasteiger partial charge in [-0.1, -0.05) is 30.3 Å². The zero-order valence-corrected chi connectivity index (χ0v) is 14.5. The molecule has 5 heteroatoms. The summed E-state index contributed by atoms with van der Waals surface area (Å²) in [6.07, 6.45) is 0. The Morgan fingerprint density at radius 1 is 1.12 bits per heavy atom. The molecule has 1 amide bonds. The van der Waals surface area contributed by atoms with Crippen molar-refractivity contribution >= 4 is 5.91 Å². The molecule has 0 aliphatic carbocycles. The third kappa shape index (κ3) is 4.59. The van der Waals surface area contributed by atoms with E-state index in [9.17, 15) is 4.79 Å². The van der Waals surface area contributed by atoms with Gasteiger partial charge in [-0.3, -0.25) is 9.69 Å². The minimum Gasteiger partial charge on any atom is -0.497 e. The smallest absolute Gasteiger partial charge is 0.251 e. The molecule has 1 aliphatic heterocycles. The van der Waals surface area contributed by atoms with Crippen LogP contribution in [-0.2, 0) is 4.74 Å². The molecule has 1 saturated heterocycles. The minimum absolute atomic E-state index is 0.0487. The van der Waals surface area contributed by atoms with E-state index in [0.717, 1.165) is 37.6 Å². The van der Waals surface area contributed by atoms with Gasteiger partial charge in [-0.25, -0.2) is 0 Å². The van der Waals surface area contributed by atoms with Crippen LogP contribution < -0.4 is 10.1 Å². The molecule has 1 aliphatic rings. The lowest BCUT2D eigenvalue weighted by atomic mass is 10.0. The number of nitrogens with one attached hydrogen (secondary N) is 1. The molecule has 0 spiro atoms. The van der Waals surface area contributed by atoms with Crippen molar-refractivity contribution in [1.82, 2.24) is 10.2 Å². The van der Waals surface area contributed by atoms with Crippen LogP contribution in [0.1, 0.15) is 22.0 Å². The Morgan fingerprint density at radius 3 is 2.44 bits per heavy atom. The standard InChI is InChI=1S/C20H24N2O3/c1-24-18-9-7-16(8-10-18)19(22-11-13-25-14-12-22)15-21-20(23)17-5-3-2-4-6-17/h2-10,19H,11-15H2,1H3,(H,21,23). The molecule has 1 N–H and O–H groups in total. The van der Waals surface area contributed by atoms with E-state index >= 15 is 0 Å². The van der Waals surface area contributed by atoms with Crippen LogP contribution in [0, 0.1) is 0 Å². The van der Waals surface area contributed by atoms with Gasteiger partial charge < -0.3 is 14.8 Å². The van der Waals surface area contributed by atoms with Crippen LogP contribution in [0.15, 0.2) is 54.6 Å². The lowest BCUT2D eigenvalue weighted by Crippen LogP contribution is -2.43. The van der Waals surface area contributed by atoms with Crippen LogP contribution >= 0.6 is 0 Å². The number of methoxy groups -OCH3 is 1. The number of ether oxygens (including phenoxy) is 2. The summed E-state index contributed by atoms with van der Waals surface area (Å²) < 4.78 is 10.7. The van der Waals surface area contributed by atoms with Gasteiger partial charge in [0.1, 0.15) is 5.75 Å². The molecule has 1 atom stereocenters. The van der Waals surface area contributed by atoms with Crippen molar-refractivity contribution in [3.63, 3.8) is 0 Å². The summed E-state index contributed by atoms with van der Waals surface area (Å²) >= 11 is 0. The van der Waals surface area contributed by atoms with Crippen LogP contribution in [-0.4, -0.2) is 50.8 Å². The fourth-order valence-electron chi connectivity index (χ4n) is 3.05. The van der Waals surface area contributed by atoms with Crippen LogP contribution in [0.25, 0.3) is 0 Å². The second-order valence-electron chi connectivity index (χ2n) is 6.01. The zero-order chi connectivity index (χ0) is 17.5. The number of morpholine rings is 1. The molecule has 0 radical (unpaired) electrons. The van der Waals surface area contributed by atoms with Gasteiger partial charge in [-0.15, -0.1) is 0 Å². The summed E-state index contributed by atoms with van der Waals surface area (Å²) in [5.74, 6) is 0.783. The van der Waals surface area contributed by atoms with Crippen LogP contribution in [0.3, 0.4) is 0 Å². The molecule has 0 aromatic heterocycles. The maximum absolute atomic E-state index is 12.4. The monoisotopic (exact) mass is 340 g/mol. The Balaban J connectivity index is 1.72. The number of carbonyl (C=O) groups is 1. The van der Waals surface area contributed by atoms with Crippen LogP contribution in [0.5, 0.6) is 5.75 Å². The maximum Gasteiger partial charge on any atom is 0.251 e. The first-order valence-corrected chi connectivity index (χ1v) is 8.57. The highest BCUT2D eigenvalue weighted by atomic mass is 16.5. The molecule has 5 nitrogen and oxygen atoms in total. The largest absolute Gasteiger partial charge is 0.497 e. The topological polar surface area (TPSA) is 50.8 Å². The summed E-state index contributed by atoms with van der Waals surface area (Å²) in [5.41, 5.74) is 1.84. The van der Waals surface area contributed by atoms with Crippen molar-refractivity contribution in [2.24, 2.45) is 0 Å². The fraction of sp³-hybridized carbons (Fsp3) is 0.350. The van der Waals surface area contributed by atoms with Gasteiger partial charge in [-0.05, 0) is 29.8 Å². The summed E-state index contributed by atoms with van der Waals surface area (Å²) in [6.45, 7) is 3.72. The van der Waals surface area contributed by atoms with Crippen molar-refractivity contribution in [3.8, 4) is 5.75 Å².